The lowest BCUT2D eigenvalue weighted by Gasteiger charge is -2.05. The molecule has 12 heteroatoms. The fraction of sp³-hybridized carbons (Fsp3) is 0.615. The number of unbranched alkanes of at least 4 members (excludes halogenated alkanes) is 2. The van der Waals surface area contributed by atoms with Gasteiger partial charge in [-0.1, -0.05) is 39.8 Å². The van der Waals surface area contributed by atoms with Crippen molar-refractivity contribution in [2.45, 2.75) is 67.2 Å². The van der Waals surface area contributed by atoms with Gasteiger partial charge < -0.3 is 28.4 Å². The molecule has 0 saturated heterocycles. The smallest absolute Gasteiger partial charge is 0.344 e. The van der Waals surface area contributed by atoms with E-state index < -0.39 is 23.9 Å². The van der Waals surface area contributed by atoms with Crippen LogP contribution in [0.3, 0.4) is 0 Å². The van der Waals surface area contributed by atoms with Crippen molar-refractivity contribution in [1.82, 2.24) is 0 Å². The molecule has 0 aromatic carbocycles. The number of rotatable bonds is 16. The van der Waals surface area contributed by atoms with Crippen LogP contribution in [0, 0.1) is 0 Å². The predicted octanol–water partition coefficient (Wildman–Crippen LogP) is 3.26. The van der Waals surface area contributed by atoms with Crippen LogP contribution in [0.1, 0.15) is 67.2 Å². The highest BCUT2D eigenvalue weighted by atomic mass is 16.6. The molecule has 38 heavy (non-hydrogen) atoms. The van der Waals surface area contributed by atoms with Gasteiger partial charge >= 0.3 is 23.9 Å². The van der Waals surface area contributed by atoms with Crippen molar-refractivity contribution in [2.24, 2.45) is 0 Å². The Morgan fingerprint density at radius 2 is 0.868 bits per heavy atom. The molecule has 0 atom stereocenters. The summed E-state index contributed by atoms with van der Waals surface area (Å²) in [6.45, 7) is 20.2. The third kappa shape index (κ3) is 30.3. The van der Waals surface area contributed by atoms with E-state index in [0.29, 0.717) is 32.8 Å². The Labute approximate surface area is 225 Å². The Morgan fingerprint density at radius 1 is 0.526 bits per heavy atom. The maximum atomic E-state index is 11.1. The fourth-order valence-corrected chi connectivity index (χ4v) is 1.56. The molecule has 0 aromatic rings. The second-order valence-electron chi connectivity index (χ2n) is 6.48. The van der Waals surface area contributed by atoms with Crippen molar-refractivity contribution < 1.29 is 57.2 Å². The van der Waals surface area contributed by atoms with Crippen molar-refractivity contribution in [3.05, 3.63) is 24.3 Å². The summed E-state index contributed by atoms with van der Waals surface area (Å²) in [7, 11) is 0. The number of esters is 4. The average molecular weight is 549 g/mol. The van der Waals surface area contributed by atoms with Crippen molar-refractivity contribution in [1.29, 1.82) is 0 Å². The molecule has 0 saturated carbocycles. The molecule has 0 aliphatic carbocycles. The number of hydrogen-bond donors (Lipinski definition) is 0. The minimum atomic E-state index is -0.726. The van der Waals surface area contributed by atoms with Gasteiger partial charge in [0.15, 0.2) is 0 Å². The van der Waals surface area contributed by atoms with Crippen LogP contribution in [-0.2, 0) is 57.2 Å². The van der Waals surface area contributed by atoms with E-state index in [0.717, 1.165) is 25.7 Å². The van der Waals surface area contributed by atoms with Crippen LogP contribution in [0.15, 0.2) is 24.3 Å². The lowest BCUT2D eigenvalue weighted by Crippen LogP contribution is -2.17. The van der Waals surface area contributed by atoms with Crippen LogP contribution in [-0.4, -0.2) is 76.5 Å². The van der Waals surface area contributed by atoms with E-state index in [9.17, 15) is 28.8 Å². The Hall–Kier alpha value is -3.70. The molecule has 0 unspecified atom stereocenters. The highest BCUT2D eigenvalue weighted by molar-refractivity contribution is 6.13. The van der Waals surface area contributed by atoms with Crippen molar-refractivity contribution in [3.8, 4) is 0 Å². The normalized spacial score (nSPS) is 8.58. The Morgan fingerprint density at radius 3 is 1.13 bits per heavy atom. The van der Waals surface area contributed by atoms with Gasteiger partial charge in [-0.25, -0.2) is 19.2 Å². The van der Waals surface area contributed by atoms with Gasteiger partial charge in [0.2, 0.25) is 0 Å². The van der Waals surface area contributed by atoms with Crippen LogP contribution < -0.4 is 0 Å². The molecule has 0 spiro atoms. The second-order valence-corrected chi connectivity index (χ2v) is 6.48. The Balaban J connectivity index is -0.000000218. The van der Waals surface area contributed by atoms with Gasteiger partial charge in [-0.15, -0.1) is 0 Å². The summed E-state index contributed by atoms with van der Waals surface area (Å²) >= 11 is 0. The van der Waals surface area contributed by atoms with Gasteiger partial charge in [-0.3, -0.25) is 9.59 Å². The van der Waals surface area contributed by atoms with E-state index in [-0.39, 0.29) is 31.0 Å². The first-order valence-electron chi connectivity index (χ1n) is 12.3. The molecule has 0 rings (SSSR count). The number of carbonyl (C=O) groups is 6. The minimum Gasteiger partial charge on any atom is -0.468 e. The number of ether oxygens (including phenoxy) is 6. The quantitative estimate of drug-likeness (QED) is 0.0528. The van der Waals surface area contributed by atoms with Crippen molar-refractivity contribution >= 4 is 36.8 Å². The minimum absolute atomic E-state index is 0.220. The van der Waals surface area contributed by atoms with E-state index in [1.165, 1.54) is 0 Å². The largest absolute Gasteiger partial charge is 0.468 e. The number of hydrogen-bond acceptors (Lipinski definition) is 12. The van der Waals surface area contributed by atoms with E-state index in [4.69, 9.17) is 4.74 Å². The van der Waals surface area contributed by atoms with E-state index in [1.54, 1.807) is 27.7 Å². The van der Waals surface area contributed by atoms with Crippen LogP contribution in [0.25, 0.3) is 0 Å². The monoisotopic (exact) mass is 548 g/mol. The molecule has 12 nitrogen and oxygen atoms in total. The molecule has 0 fully saturated rings. The molecular weight excluding hydrogens is 504 g/mol. The maximum absolute atomic E-state index is 11.1. The lowest BCUT2D eigenvalue weighted by molar-refractivity contribution is -0.148. The van der Waals surface area contributed by atoms with Crippen LogP contribution in [0.2, 0.25) is 0 Å². The summed E-state index contributed by atoms with van der Waals surface area (Å²) in [4.78, 5) is 62.4. The summed E-state index contributed by atoms with van der Waals surface area (Å²) in [5, 5.41) is 0. The Kier molecular flexibility index (Phi) is 36.3. The first kappa shape index (κ1) is 41.4. The summed E-state index contributed by atoms with van der Waals surface area (Å²) in [5.41, 5.74) is -0.512. The number of carbonyl (C=O) groups excluding carboxylic acids is 6. The molecule has 220 valence electrons. The zero-order chi connectivity index (χ0) is 30.2. The summed E-state index contributed by atoms with van der Waals surface area (Å²) in [6.07, 6.45) is 3.76. The van der Waals surface area contributed by atoms with Gasteiger partial charge in [-0.05, 0) is 40.5 Å². The van der Waals surface area contributed by atoms with Crippen LogP contribution in [0.4, 0.5) is 0 Å². The zero-order valence-corrected chi connectivity index (χ0v) is 23.5. The van der Waals surface area contributed by atoms with E-state index in [1.807, 2.05) is 13.8 Å². The first-order chi connectivity index (χ1) is 18.1. The van der Waals surface area contributed by atoms with Gasteiger partial charge in [0, 0.05) is 0 Å². The van der Waals surface area contributed by atoms with E-state index >= 15 is 0 Å². The maximum Gasteiger partial charge on any atom is 0.344 e. The average Bonchev–Trinajstić information content (AvgIpc) is 2.90. The Bertz CT molecular complexity index is 666. The first-order valence-corrected chi connectivity index (χ1v) is 12.3. The third-order valence-corrected chi connectivity index (χ3v) is 3.46. The molecule has 0 aromatic heterocycles. The molecule has 0 amide bonds. The second kappa shape index (κ2) is 33.3. The molecule has 0 N–H and O–H groups in total. The SMILES string of the molecule is C=C(C(=O)OCC)C(=O)OCC.C=C(C(=O)OCC)C(=O)OCCCC.CCCCOC=O.CCOC=O. The molecule has 0 bridgehead atoms. The van der Waals surface area contributed by atoms with Gasteiger partial charge in [-0.2, -0.15) is 0 Å². The van der Waals surface area contributed by atoms with Crippen molar-refractivity contribution in [3.63, 3.8) is 0 Å². The summed E-state index contributed by atoms with van der Waals surface area (Å²) in [5.74, 6) is -2.86. The highest BCUT2D eigenvalue weighted by Gasteiger charge is 2.18. The van der Waals surface area contributed by atoms with Gasteiger partial charge in [0.25, 0.3) is 12.9 Å². The lowest BCUT2D eigenvalue weighted by atomic mass is 10.3. The van der Waals surface area contributed by atoms with Crippen LogP contribution >= 0.6 is 0 Å². The van der Waals surface area contributed by atoms with Crippen LogP contribution in [0.5, 0.6) is 0 Å². The molecular formula is C26H44O12. The standard InChI is InChI=1S/C10H16O4.C8H12O4.C5H10O2.C3H6O2/c1-4-6-7-14-10(12)8(3)9(11)13-5-2;1-4-11-7(9)6(3)8(10)12-5-2;1-2-3-4-7-5-6;1-2-5-3-4/h3-7H2,1-2H3;3-5H2,1-2H3;5H,2-4H2,1H3;3H,2H2,1H3. The fourth-order valence-electron chi connectivity index (χ4n) is 1.56. The van der Waals surface area contributed by atoms with Gasteiger partial charge in [0.1, 0.15) is 11.1 Å². The van der Waals surface area contributed by atoms with E-state index in [2.05, 4.69) is 36.8 Å². The summed E-state index contributed by atoms with van der Waals surface area (Å²) in [6, 6.07) is 0. The predicted molar refractivity (Wildman–Crippen MR) is 139 cm³/mol. The highest BCUT2D eigenvalue weighted by Crippen LogP contribution is 2.00. The molecule has 0 aliphatic heterocycles. The van der Waals surface area contributed by atoms with Crippen molar-refractivity contribution in [2.75, 3.05) is 39.6 Å². The molecule has 0 aliphatic rings. The molecule has 0 heterocycles. The third-order valence-electron chi connectivity index (χ3n) is 3.46. The topological polar surface area (TPSA) is 158 Å². The zero-order valence-electron chi connectivity index (χ0n) is 23.5. The summed E-state index contributed by atoms with van der Waals surface area (Å²) < 4.78 is 27.0. The van der Waals surface area contributed by atoms with Gasteiger partial charge in [0.05, 0.1) is 39.6 Å². The molecule has 0 radical (unpaired) electrons.